The Kier molecular flexibility index (Phi) is 9.52. The Hall–Kier alpha value is -3.28. The summed E-state index contributed by atoms with van der Waals surface area (Å²) in [5, 5.41) is 0. The second-order valence-corrected chi connectivity index (χ2v) is 11.5. The molecule has 0 spiro atoms. The molecule has 0 unspecified atom stereocenters. The Morgan fingerprint density at radius 1 is 0.641 bits per heavy atom. The number of rotatable bonds is 5. The van der Waals surface area contributed by atoms with Gasteiger partial charge in [0.15, 0.2) is 14.7 Å². The largest absolute Gasteiger partial charge is 0.744 e. The molecule has 4 aromatic carbocycles. The summed E-state index contributed by atoms with van der Waals surface area (Å²) in [5.41, 5.74) is -2.32. The molecule has 0 fully saturated rings. The van der Waals surface area contributed by atoms with Crippen LogP contribution < -0.4 is 0 Å². The smallest absolute Gasteiger partial charge is 0.416 e. The van der Waals surface area contributed by atoms with Crippen LogP contribution in [0.4, 0.5) is 26.3 Å². The van der Waals surface area contributed by atoms with Crippen LogP contribution in [0.2, 0.25) is 0 Å². The van der Waals surface area contributed by atoms with E-state index < -0.39 is 38.5 Å². The van der Waals surface area contributed by atoms with Crippen LogP contribution in [0.3, 0.4) is 0 Å². The first-order chi connectivity index (χ1) is 18.2. The van der Waals surface area contributed by atoms with Crippen LogP contribution in [-0.4, -0.2) is 13.0 Å². The predicted molar refractivity (Wildman–Crippen MR) is 135 cm³/mol. The molecule has 0 saturated heterocycles. The maximum atomic E-state index is 12.3. The number of benzene rings is 4. The second kappa shape index (κ2) is 12.3. The van der Waals surface area contributed by atoms with Crippen molar-refractivity contribution in [3.05, 3.63) is 120 Å². The zero-order chi connectivity index (χ0) is 28.8. The zero-order valence-corrected chi connectivity index (χ0v) is 22.0. The lowest BCUT2D eigenvalue weighted by molar-refractivity contribution is -0.143. The number of halogens is 6. The Bertz CT molecular complexity index is 1400. The van der Waals surface area contributed by atoms with Crippen molar-refractivity contribution in [1.29, 1.82) is 0 Å². The third kappa shape index (κ3) is 8.35. The Morgan fingerprint density at radius 2 is 1.03 bits per heavy atom. The van der Waals surface area contributed by atoms with Crippen molar-refractivity contribution in [3.8, 4) is 0 Å². The van der Waals surface area contributed by atoms with Gasteiger partial charge < -0.3 is 4.55 Å². The van der Waals surface area contributed by atoms with E-state index in [9.17, 15) is 39.3 Å². The van der Waals surface area contributed by atoms with Crippen LogP contribution in [0.15, 0.2) is 123 Å². The van der Waals surface area contributed by atoms with E-state index in [1.165, 1.54) is 20.2 Å². The van der Waals surface area contributed by atoms with E-state index in [1.807, 2.05) is 0 Å². The van der Waals surface area contributed by atoms with E-state index >= 15 is 0 Å². The van der Waals surface area contributed by atoms with Gasteiger partial charge in [0.05, 0.1) is 26.9 Å². The van der Waals surface area contributed by atoms with Gasteiger partial charge in [0, 0.05) is 0 Å². The predicted octanol–water partition coefficient (Wildman–Crippen LogP) is 7.97. The summed E-state index contributed by atoms with van der Waals surface area (Å²) >= 11 is 0. The molecule has 0 N–H and O–H groups in total. The Morgan fingerprint density at radius 3 is 1.36 bits per heavy atom. The van der Waals surface area contributed by atoms with Crippen molar-refractivity contribution in [3.63, 3.8) is 0 Å². The van der Waals surface area contributed by atoms with Gasteiger partial charge in [-0.3, -0.25) is 0 Å². The molecule has 11 heteroatoms. The maximum Gasteiger partial charge on any atom is 0.416 e. The summed E-state index contributed by atoms with van der Waals surface area (Å²) in [6.45, 7) is 2.20. The van der Waals surface area contributed by atoms with E-state index in [0.29, 0.717) is 0 Å². The SMILES string of the molecule is CCc1ccc([S+](c2ccccc2)c2ccccc2)cc1.O=S(=O)([O-])c1cc(C(F)(F)F)cc(C(F)(F)F)c1. The summed E-state index contributed by atoms with van der Waals surface area (Å²) in [6.07, 6.45) is -9.30. The number of aryl methyl sites for hydroxylation is 1. The first-order valence-electron chi connectivity index (χ1n) is 11.4. The highest BCUT2D eigenvalue weighted by molar-refractivity contribution is 7.97. The van der Waals surface area contributed by atoms with Gasteiger partial charge in [0.25, 0.3) is 0 Å². The summed E-state index contributed by atoms with van der Waals surface area (Å²) < 4.78 is 105. The normalized spacial score (nSPS) is 12.1. The summed E-state index contributed by atoms with van der Waals surface area (Å²) in [5.74, 6) is 0. The molecule has 0 heterocycles. The molecule has 206 valence electrons. The van der Waals surface area contributed by atoms with Gasteiger partial charge in [-0.25, -0.2) is 8.42 Å². The average Bonchev–Trinajstić information content (AvgIpc) is 2.89. The monoisotopic (exact) mass is 584 g/mol. The highest BCUT2D eigenvalue weighted by Crippen LogP contribution is 2.37. The molecule has 0 radical (unpaired) electrons. The van der Waals surface area contributed by atoms with Crippen LogP contribution in [-0.2, 0) is 39.8 Å². The van der Waals surface area contributed by atoms with Crippen molar-refractivity contribution >= 4 is 21.0 Å². The molecular formula is C28H22F6O3S2. The molecule has 4 aromatic rings. The van der Waals surface area contributed by atoms with Crippen LogP contribution in [0, 0.1) is 0 Å². The minimum absolute atomic E-state index is 0.0249. The fraction of sp³-hybridized carbons (Fsp3) is 0.143. The van der Waals surface area contributed by atoms with Gasteiger partial charge in [-0.2, -0.15) is 26.3 Å². The molecule has 0 aromatic heterocycles. The van der Waals surface area contributed by atoms with Gasteiger partial charge in [-0.05, 0) is 66.6 Å². The van der Waals surface area contributed by atoms with Crippen molar-refractivity contribution in [2.75, 3.05) is 0 Å². The molecule has 0 atom stereocenters. The van der Waals surface area contributed by atoms with Crippen LogP contribution in [0.25, 0.3) is 0 Å². The Labute approximate surface area is 225 Å². The van der Waals surface area contributed by atoms with Gasteiger partial charge in [-0.15, -0.1) is 0 Å². The topological polar surface area (TPSA) is 57.2 Å². The van der Waals surface area contributed by atoms with Crippen molar-refractivity contribution in [2.24, 2.45) is 0 Å². The highest BCUT2D eigenvalue weighted by Gasteiger charge is 2.37. The zero-order valence-electron chi connectivity index (χ0n) is 20.3. The molecule has 0 saturated carbocycles. The molecule has 0 aliphatic heterocycles. The van der Waals surface area contributed by atoms with Crippen LogP contribution in [0.5, 0.6) is 0 Å². The molecule has 0 aliphatic rings. The Balaban J connectivity index is 0.000000219. The molecule has 0 aliphatic carbocycles. The average molecular weight is 585 g/mol. The number of hydrogen-bond acceptors (Lipinski definition) is 3. The first kappa shape index (κ1) is 30.3. The van der Waals surface area contributed by atoms with E-state index in [-0.39, 0.29) is 29.1 Å². The van der Waals surface area contributed by atoms with E-state index in [1.54, 1.807) is 0 Å². The molecule has 0 amide bonds. The number of hydrogen-bond donors (Lipinski definition) is 0. The lowest BCUT2D eigenvalue weighted by atomic mass is 10.1. The fourth-order valence-corrected chi connectivity index (χ4v) is 6.08. The first-order valence-corrected chi connectivity index (χ1v) is 14.0. The number of alkyl halides is 6. The molecule has 39 heavy (non-hydrogen) atoms. The quantitative estimate of drug-likeness (QED) is 0.136. The van der Waals surface area contributed by atoms with E-state index in [4.69, 9.17) is 0 Å². The lowest BCUT2D eigenvalue weighted by Gasteiger charge is -2.15. The highest BCUT2D eigenvalue weighted by atomic mass is 32.2. The van der Waals surface area contributed by atoms with Gasteiger partial charge >= 0.3 is 12.4 Å². The van der Waals surface area contributed by atoms with Gasteiger partial charge in [0.2, 0.25) is 0 Å². The summed E-state index contributed by atoms with van der Waals surface area (Å²) in [4.78, 5) is 2.54. The molecule has 4 rings (SSSR count). The maximum absolute atomic E-state index is 12.3. The van der Waals surface area contributed by atoms with Crippen LogP contribution >= 0.6 is 0 Å². The van der Waals surface area contributed by atoms with Crippen LogP contribution in [0.1, 0.15) is 23.6 Å². The van der Waals surface area contributed by atoms with Gasteiger partial charge in [0.1, 0.15) is 10.1 Å². The van der Waals surface area contributed by atoms with Crippen molar-refractivity contribution < 1.29 is 39.3 Å². The van der Waals surface area contributed by atoms with Gasteiger partial charge in [-0.1, -0.05) is 55.5 Å². The minimum atomic E-state index is -5.42. The van der Waals surface area contributed by atoms with Crippen molar-refractivity contribution in [1.82, 2.24) is 0 Å². The minimum Gasteiger partial charge on any atom is -0.744 e. The van der Waals surface area contributed by atoms with E-state index in [2.05, 4.69) is 91.9 Å². The molecule has 0 bridgehead atoms. The van der Waals surface area contributed by atoms with E-state index in [0.717, 1.165) is 6.42 Å². The van der Waals surface area contributed by atoms with Crippen molar-refractivity contribution in [2.45, 2.75) is 45.3 Å². The third-order valence-electron chi connectivity index (χ3n) is 5.37. The lowest BCUT2D eigenvalue weighted by Crippen LogP contribution is -2.13. The molecular weight excluding hydrogens is 562 g/mol. The summed E-state index contributed by atoms with van der Waals surface area (Å²) in [6, 6.07) is 30.1. The fourth-order valence-electron chi connectivity index (χ4n) is 3.45. The third-order valence-corrected chi connectivity index (χ3v) is 8.42. The summed E-state index contributed by atoms with van der Waals surface area (Å²) in [7, 11) is -5.44. The molecule has 3 nitrogen and oxygen atoms in total. The second-order valence-electron chi connectivity index (χ2n) is 8.13. The standard InChI is InChI=1S/C20H19S.C8H4F6O3S/c1-2-17-13-15-20(16-14-17)21(18-9-5-3-6-10-18)19-11-7-4-8-12-19;9-7(10,11)4-1-5(8(12,13)14)3-6(2-4)18(15,16)17/h3-16H,2H2,1H3;1-3H,(H,15,16,17)/q+1;/p-1.